The van der Waals surface area contributed by atoms with Crippen LogP contribution in [0.25, 0.3) is 10.9 Å². The van der Waals surface area contributed by atoms with E-state index in [1.807, 2.05) is 21.6 Å². The molecule has 2 N–H and O–H groups in total. The minimum atomic E-state index is -1.43. The largest absolute Gasteiger partial charge is 0.388 e. The van der Waals surface area contributed by atoms with E-state index < -0.39 is 11.3 Å². The quantitative estimate of drug-likeness (QED) is 0.706. The average molecular weight is 450 g/mol. The molecule has 0 bridgehead atoms. The molecule has 1 saturated heterocycles. The van der Waals surface area contributed by atoms with Gasteiger partial charge in [0.25, 0.3) is 5.91 Å². The molecule has 1 aliphatic heterocycles. The lowest BCUT2D eigenvalue weighted by Gasteiger charge is -2.38. The number of carbonyl (C=O) groups is 2. The van der Waals surface area contributed by atoms with Gasteiger partial charge < -0.3 is 19.9 Å². The molecule has 4 rings (SSSR count). The number of aliphatic hydroxyl groups is 1. The lowest BCUT2D eigenvalue weighted by atomic mass is 9.77. The van der Waals surface area contributed by atoms with Gasteiger partial charge >= 0.3 is 0 Å². The highest BCUT2D eigenvalue weighted by Crippen LogP contribution is 2.37. The van der Waals surface area contributed by atoms with Crippen LogP contribution in [0.4, 0.5) is 4.39 Å². The first-order chi connectivity index (χ1) is 14.7. The molecule has 2 atom stereocenters. The normalized spacial score (nSPS) is 26.6. The maximum absolute atomic E-state index is 14.4. The number of hydrogen-bond donors (Lipinski definition) is 2. The molecule has 2 fully saturated rings. The van der Waals surface area contributed by atoms with Crippen LogP contribution in [0.15, 0.2) is 24.4 Å². The summed E-state index contributed by atoms with van der Waals surface area (Å²) in [5.41, 5.74) is -1.45. The molecule has 2 aromatic rings. The maximum Gasteiger partial charge on any atom is 0.253 e. The molecule has 1 aromatic carbocycles. The van der Waals surface area contributed by atoms with E-state index in [9.17, 15) is 19.1 Å². The molecule has 2 aliphatic rings. The molecule has 1 aromatic heterocycles. The Hall–Kier alpha value is -2.12. The number of benzene rings is 1. The second-order valence-corrected chi connectivity index (χ2v) is 9.61. The zero-order chi connectivity index (χ0) is 22.2. The Labute approximate surface area is 186 Å². The molecule has 8 heteroatoms. The molecule has 2 unspecified atom stereocenters. The van der Waals surface area contributed by atoms with E-state index in [2.05, 4.69) is 5.32 Å². The van der Waals surface area contributed by atoms with E-state index in [1.165, 1.54) is 6.92 Å². The van der Waals surface area contributed by atoms with Crippen LogP contribution in [-0.4, -0.2) is 57.3 Å². The molecular weight excluding hydrogens is 421 g/mol. The second kappa shape index (κ2) is 8.43. The van der Waals surface area contributed by atoms with Crippen LogP contribution in [0, 0.1) is 0 Å². The summed E-state index contributed by atoms with van der Waals surface area (Å²) in [4.78, 5) is 26.8. The fourth-order valence-corrected chi connectivity index (χ4v) is 5.25. The Kier molecular flexibility index (Phi) is 6.01. The van der Waals surface area contributed by atoms with Crippen LogP contribution in [0.5, 0.6) is 0 Å². The van der Waals surface area contributed by atoms with Gasteiger partial charge in [0.2, 0.25) is 5.91 Å². The number of carbonyl (C=O) groups excluding carboxylic acids is 2. The number of nitrogens with one attached hydrogen (secondary N) is 1. The number of halogens is 2. The predicted octanol–water partition coefficient (Wildman–Crippen LogP) is 3.68. The Morgan fingerprint density at radius 2 is 2.10 bits per heavy atom. The Balaban J connectivity index is 1.52. The SMILES string of the molecule is CC1(F)CCCC(O)(CNC(=O)c2cn(CCN3CCCC3=O)c3cccc(Cl)c23)C1. The fourth-order valence-electron chi connectivity index (χ4n) is 4.97. The van der Waals surface area contributed by atoms with Crippen molar-refractivity contribution >= 4 is 34.3 Å². The molecule has 2 heterocycles. The average Bonchev–Trinajstić information content (AvgIpc) is 3.28. The van der Waals surface area contributed by atoms with E-state index in [4.69, 9.17) is 11.6 Å². The van der Waals surface area contributed by atoms with Crippen molar-refractivity contribution in [2.75, 3.05) is 19.6 Å². The van der Waals surface area contributed by atoms with Crippen molar-refractivity contribution < 1.29 is 19.1 Å². The molecule has 31 heavy (non-hydrogen) atoms. The molecule has 1 aliphatic carbocycles. The highest BCUT2D eigenvalue weighted by molar-refractivity contribution is 6.36. The summed E-state index contributed by atoms with van der Waals surface area (Å²) < 4.78 is 16.3. The maximum atomic E-state index is 14.4. The van der Waals surface area contributed by atoms with Crippen molar-refractivity contribution in [3.8, 4) is 0 Å². The molecular formula is C23H29ClFN3O3. The summed E-state index contributed by atoms with van der Waals surface area (Å²) >= 11 is 6.43. The highest BCUT2D eigenvalue weighted by Gasteiger charge is 2.41. The van der Waals surface area contributed by atoms with Crippen LogP contribution in [0.1, 0.15) is 55.8 Å². The molecule has 168 valence electrons. The topological polar surface area (TPSA) is 74.6 Å². The van der Waals surface area contributed by atoms with Gasteiger partial charge in [-0.15, -0.1) is 0 Å². The van der Waals surface area contributed by atoms with Crippen molar-refractivity contribution in [3.05, 3.63) is 35.0 Å². The summed E-state index contributed by atoms with van der Waals surface area (Å²) in [6, 6.07) is 5.46. The van der Waals surface area contributed by atoms with Crippen molar-refractivity contribution in [3.63, 3.8) is 0 Å². The van der Waals surface area contributed by atoms with Gasteiger partial charge in [-0.2, -0.15) is 0 Å². The molecule has 0 spiro atoms. The van der Waals surface area contributed by atoms with E-state index in [0.29, 0.717) is 54.7 Å². The zero-order valence-electron chi connectivity index (χ0n) is 17.8. The number of nitrogens with zero attached hydrogens (tertiary/aromatic N) is 2. The van der Waals surface area contributed by atoms with Gasteiger partial charge in [-0.3, -0.25) is 9.59 Å². The highest BCUT2D eigenvalue weighted by atomic mass is 35.5. The minimum Gasteiger partial charge on any atom is -0.388 e. The molecule has 0 radical (unpaired) electrons. The van der Waals surface area contributed by atoms with Crippen LogP contribution >= 0.6 is 11.6 Å². The van der Waals surface area contributed by atoms with Gasteiger partial charge in [-0.1, -0.05) is 17.7 Å². The van der Waals surface area contributed by atoms with E-state index in [-0.39, 0.29) is 24.8 Å². The van der Waals surface area contributed by atoms with Gasteiger partial charge in [-0.25, -0.2) is 4.39 Å². The van der Waals surface area contributed by atoms with Crippen molar-refractivity contribution in [1.29, 1.82) is 0 Å². The molecule has 1 saturated carbocycles. The number of likely N-dealkylation sites (tertiary alicyclic amines) is 1. The van der Waals surface area contributed by atoms with Crippen LogP contribution in [0.3, 0.4) is 0 Å². The van der Waals surface area contributed by atoms with E-state index >= 15 is 0 Å². The minimum absolute atomic E-state index is 0.00661. The predicted molar refractivity (Wildman–Crippen MR) is 118 cm³/mol. The number of rotatable bonds is 6. The Morgan fingerprint density at radius 3 is 2.81 bits per heavy atom. The summed E-state index contributed by atoms with van der Waals surface area (Å²) in [5, 5.41) is 14.7. The molecule has 2 amide bonds. The van der Waals surface area contributed by atoms with Gasteiger partial charge in [0, 0.05) is 50.6 Å². The Morgan fingerprint density at radius 1 is 1.29 bits per heavy atom. The Bertz CT molecular complexity index is 1010. The van der Waals surface area contributed by atoms with Gasteiger partial charge in [-0.05, 0) is 44.7 Å². The van der Waals surface area contributed by atoms with Crippen molar-refractivity contribution in [1.82, 2.24) is 14.8 Å². The summed E-state index contributed by atoms with van der Waals surface area (Å²) in [6.07, 6.45) is 4.69. The van der Waals surface area contributed by atoms with E-state index in [0.717, 1.165) is 18.5 Å². The van der Waals surface area contributed by atoms with Crippen LogP contribution in [0.2, 0.25) is 5.02 Å². The van der Waals surface area contributed by atoms with Crippen molar-refractivity contribution in [2.24, 2.45) is 0 Å². The lowest BCUT2D eigenvalue weighted by molar-refractivity contribution is -0.127. The monoisotopic (exact) mass is 449 g/mol. The third kappa shape index (κ3) is 4.72. The summed E-state index contributed by atoms with van der Waals surface area (Å²) in [6.45, 7) is 3.38. The third-order valence-electron chi connectivity index (χ3n) is 6.50. The number of aromatic nitrogens is 1. The van der Waals surface area contributed by atoms with Gasteiger partial charge in [0.15, 0.2) is 0 Å². The fraction of sp³-hybridized carbons (Fsp3) is 0.565. The smallest absolute Gasteiger partial charge is 0.253 e. The first-order valence-corrected chi connectivity index (χ1v) is 11.3. The lowest BCUT2D eigenvalue weighted by Crippen LogP contribution is -2.49. The zero-order valence-corrected chi connectivity index (χ0v) is 18.6. The second-order valence-electron chi connectivity index (χ2n) is 9.21. The van der Waals surface area contributed by atoms with Crippen LogP contribution in [-0.2, 0) is 11.3 Å². The van der Waals surface area contributed by atoms with Gasteiger partial charge in [0.05, 0.1) is 21.7 Å². The van der Waals surface area contributed by atoms with Crippen LogP contribution < -0.4 is 5.32 Å². The van der Waals surface area contributed by atoms with Gasteiger partial charge in [0.1, 0.15) is 5.67 Å². The summed E-state index contributed by atoms with van der Waals surface area (Å²) in [7, 11) is 0. The third-order valence-corrected chi connectivity index (χ3v) is 6.81. The standard InChI is InChI=1S/C23H29ClFN3O3/c1-22(25)8-4-9-23(31,14-22)15-26-21(30)16-13-28(12-11-27-10-3-7-19(27)29)18-6-2-5-17(24)20(16)18/h2,5-6,13,31H,3-4,7-12,14-15H2,1H3,(H,26,30). The number of alkyl halides is 1. The summed E-state index contributed by atoms with van der Waals surface area (Å²) in [5.74, 6) is -0.193. The van der Waals surface area contributed by atoms with E-state index in [1.54, 1.807) is 12.3 Å². The first kappa shape index (κ1) is 22.1. The number of amides is 2. The number of hydrogen-bond acceptors (Lipinski definition) is 3. The van der Waals surface area contributed by atoms with Crippen molar-refractivity contribution in [2.45, 2.75) is 63.3 Å². The number of fused-ring (bicyclic) bond motifs is 1. The first-order valence-electron chi connectivity index (χ1n) is 10.9. The molecule has 6 nitrogen and oxygen atoms in total.